The zero-order valence-electron chi connectivity index (χ0n) is 12.5. The van der Waals surface area contributed by atoms with Gasteiger partial charge in [0.1, 0.15) is 5.25 Å². The summed E-state index contributed by atoms with van der Waals surface area (Å²) in [7, 11) is -0.539. The zero-order chi connectivity index (χ0) is 16.2. The Morgan fingerprint density at radius 2 is 1.64 bits per heavy atom. The molecule has 2 N–H and O–H groups in total. The van der Waals surface area contributed by atoms with Gasteiger partial charge in [-0.15, -0.1) is 0 Å². The van der Waals surface area contributed by atoms with Crippen LogP contribution in [-0.2, 0) is 9.84 Å². The Labute approximate surface area is 130 Å². The molecule has 0 radical (unpaired) electrons. The molecule has 0 amide bonds. The van der Waals surface area contributed by atoms with Crippen LogP contribution >= 0.6 is 0 Å². The number of ether oxygens (including phenoxy) is 2. The maximum Gasteiger partial charge on any atom is 0.186 e. The summed E-state index contributed by atoms with van der Waals surface area (Å²) in [6.45, 7) is -0.0211. The molecule has 0 aliphatic carbocycles. The van der Waals surface area contributed by atoms with Crippen molar-refractivity contribution in [3.05, 3.63) is 54.1 Å². The van der Waals surface area contributed by atoms with Crippen molar-refractivity contribution in [2.45, 2.75) is 10.1 Å². The average molecular weight is 321 g/mol. The van der Waals surface area contributed by atoms with Crippen LogP contribution in [0.2, 0.25) is 0 Å². The molecule has 0 aliphatic heterocycles. The highest BCUT2D eigenvalue weighted by Gasteiger charge is 2.28. The number of methoxy groups -OCH3 is 2. The normalized spacial score (nSPS) is 12.7. The Balaban J connectivity index is 2.49. The fourth-order valence-electron chi connectivity index (χ4n) is 2.27. The van der Waals surface area contributed by atoms with Crippen molar-refractivity contribution in [2.75, 3.05) is 20.8 Å². The SMILES string of the molecule is COc1ccc([C@@H](CN)S(=O)(=O)c2ccccc2)cc1OC. The third kappa shape index (κ3) is 3.08. The Hall–Kier alpha value is -2.05. The van der Waals surface area contributed by atoms with E-state index in [9.17, 15) is 8.42 Å². The summed E-state index contributed by atoms with van der Waals surface area (Å²) in [5.41, 5.74) is 6.31. The third-order valence-corrected chi connectivity index (χ3v) is 5.58. The van der Waals surface area contributed by atoms with Crippen molar-refractivity contribution >= 4 is 9.84 Å². The lowest BCUT2D eigenvalue weighted by molar-refractivity contribution is 0.354. The van der Waals surface area contributed by atoms with Crippen molar-refractivity contribution in [1.29, 1.82) is 0 Å². The van der Waals surface area contributed by atoms with Crippen molar-refractivity contribution < 1.29 is 17.9 Å². The first-order chi connectivity index (χ1) is 10.5. The Bertz CT molecular complexity index is 729. The van der Waals surface area contributed by atoms with Gasteiger partial charge in [0.05, 0.1) is 19.1 Å². The van der Waals surface area contributed by atoms with E-state index in [1.807, 2.05) is 0 Å². The van der Waals surface area contributed by atoms with E-state index in [1.54, 1.807) is 48.5 Å². The molecule has 2 aromatic carbocycles. The average Bonchev–Trinajstić information content (AvgIpc) is 2.56. The fourth-order valence-corrected chi connectivity index (χ4v) is 3.89. The molecule has 0 bridgehead atoms. The molecular formula is C16H19NO4S. The van der Waals surface area contributed by atoms with Crippen LogP contribution in [0.4, 0.5) is 0 Å². The predicted octanol–water partition coefficient (Wildman–Crippen LogP) is 2.18. The van der Waals surface area contributed by atoms with Crippen molar-refractivity contribution in [3.63, 3.8) is 0 Å². The van der Waals surface area contributed by atoms with Gasteiger partial charge in [0.15, 0.2) is 21.3 Å². The van der Waals surface area contributed by atoms with E-state index in [1.165, 1.54) is 14.2 Å². The number of sulfone groups is 1. The van der Waals surface area contributed by atoms with Gasteiger partial charge < -0.3 is 15.2 Å². The van der Waals surface area contributed by atoms with E-state index < -0.39 is 15.1 Å². The van der Waals surface area contributed by atoms with Gasteiger partial charge in [-0.2, -0.15) is 0 Å². The van der Waals surface area contributed by atoms with Crippen LogP contribution in [0, 0.1) is 0 Å². The van der Waals surface area contributed by atoms with Gasteiger partial charge in [0, 0.05) is 6.54 Å². The third-order valence-electron chi connectivity index (χ3n) is 3.44. The van der Waals surface area contributed by atoms with Gasteiger partial charge in [0.2, 0.25) is 0 Å². The molecule has 0 aliphatic rings. The molecule has 2 rings (SSSR count). The largest absolute Gasteiger partial charge is 0.493 e. The van der Waals surface area contributed by atoms with E-state index in [2.05, 4.69) is 0 Å². The molecule has 0 saturated carbocycles. The van der Waals surface area contributed by atoms with Crippen LogP contribution in [-0.4, -0.2) is 29.2 Å². The molecule has 5 nitrogen and oxygen atoms in total. The van der Waals surface area contributed by atoms with E-state index in [-0.39, 0.29) is 11.4 Å². The number of hydrogen-bond acceptors (Lipinski definition) is 5. The van der Waals surface area contributed by atoms with E-state index >= 15 is 0 Å². The minimum Gasteiger partial charge on any atom is -0.493 e. The molecule has 0 saturated heterocycles. The second kappa shape index (κ2) is 6.81. The molecule has 1 atom stereocenters. The minimum absolute atomic E-state index is 0.0211. The van der Waals surface area contributed by atoms with Gasteiger partial charge in [-0.3, -0.25) is 0 Å². The highest BCUT2D eigenvalue weighted by molar-refractivity contribution is 7.91. The number of rotatable bonds is 6. The van der Waals surface area contributed by atoms with Gasteiger partial charge in [-0.1, -0.05) is 24.3 Å². The molecule has 6 heteroatoms. The van der Waals surface area contributed by atoms with Gasteiger partial charge in [0.25, 0.3) is 0 Å². The molecular weight excluding hydrogens is 302 g/mol. The van der Waals surface area contributed by atoms with E-state index in [0.29, 0.717) is 17.1 Å². The summed E-state index contributed by atoms with van der Waals surface area (Å²) in [5, 5.41) is -0.838. The van der Waals surface area contributed by atoms with Gasteiger partial charge in [-0.05, 0) is 29.8 Å². The molecule has 0 fully saturated rings. The first-order valence-corrected chi connectivity index (χ1v) is 8.30. The summed E-state index contributed by atoms with van der Waals surface area (Å²) in [4.78, 5) is 0.250. The number of hydrogen-bond donors (Lipinski definition) is 1. The monoisotopic (exact) mass is 321 g/mol. The van der Waals surface area contributed by atoms with Crippen LogP contribution in [0.1, 0.15) is 10.8 Å². The molecule has 0 spiro atoms. The maximum absolute atomic E-state index is 12.8. The number of nitrogens with two attached hydrogens (primary N) is 1. The van der Waals surface area contributed by atoms with E-state index in [4.69, 9.17) is 15.2 Å². The summed E-state index contributed by atoms with van der Waals surface area (Å²) < 4.78 is 35.9. The van der Waals surface area contributed by atoms with Crippen molar-refractivity contribution in [3.8, 4) is 11.5 Å². The van der Waals surface area contributed by atoms with Crippen molar-refractivity contribution in [1.82, 2.24) is 0 Å². The zero-order valence-corrected chi connectivity index (χ0v) is 13.3. The van der Waals surface area contributed by atoms with Gasteiger partial charge in [-0.25, -0.2) is 8.42 Å². The minimum atomic E-state index is -3.57. The van der Waals surface area contributed by atoms with Crippen LogP contribution < -0.4 is 15.2 Å². The first-order valence-electron chi connectivity index (χ1n) is 6.75. The van der Waals surface area contributed by atoms with Crippen LogP contribution in [0.25, 0.3) is 0 Å². The smallest absolute Gasteiger partial charge is 0.186 e. The highest BCUT2D eigenvalue weighted by atomic mass is 32.2. The Kier molecular flexibility index (Phi) is 5.05. The van der Waals surface area contributed by atoms with Gasteiger partial charge >= 0.3 is 0 Å². The van der Waals surface area contributed by atoms with Crippen molar-refractivity contribution in [2.24, 2.45) is 5.73 Å². The lowest BCUT2D eigenvalue weighted by Crippen LogP contribution is -2.22. The summed E-state index contributed by atoms with van der Waals surface area (Å²) in [6.07, 6.45) is 0. The second-order valence-electron chi connectivity index (χ2n) is 4.70. The molecule has 0 unspecified atom stereocenters. The van der Waals surface area contributed by atoms with Crippen LogP contribution in [0.5, 0.6) is 11.5 Å². The molecule has 118 valence electrons. The predicted molar refractivity (Wildman–Crippen MR) is 85.0 cm³/mol. The Morgan fingerprint density at radius 1 is 1.00 bits per heavy atom. The highest BCUT2D eigenvalue weighted by Crippen LogP contribution is 2.34. The molecule has 0 heterocycles. The first kappa shape index (κ1) is 16.3. The topological polar surface area (TPSA) is 78.6 Å². The fraction of sp³-hybridized carbons (Fsp3) is 0.250. The van der Waals surface area contributed by atoms with E-state index in [0.717, 1.165) is 0 Å². The molecule has 22 heavy (non-hydrogen) atoms. The second-order valence-corrected chi connectivity index (χ2v) is 6.83. The standard InChI is InChI=1S/C16H19NO4S/c1-20-14-9-8-12(10-15(14)21-2)16(11-17)22(18,19)13-6-4-3-5-7-13/h3-10,16H,11,17H2,1-2H3/t16-/m1/s1. The summed E-state index contributed by atoms with van der Waals surface area (Å²) in [5.74, 6) is 1.01. The maximum atomic E-state index is 12.8. The Morgan fingerprint density at radius 3 is 2.18 bits per heavy atom. The summed E-state index contributed by atoms with van der Waals surface area (Å²) >= 11 is 0. The lowest BCUT2D eigenvalue weighted by atomic mass is 10.1. The number of benzene rings is 2. The van der Waals surface area contributed by atoms with Crippen LogP contribution in [0.15, 0.2) is 53.4 Å². The molecule has 0 aromatic heterocycles. The quantitative estimate of drug-likeness (QED) is 0.882. The summed E-state index contributed by atoms with van der Waals surface area (Å²) in [6, 6.07) is 13.3. The van der Waals surface area contributed by atoms with Crippen LogP contribution in [0.3, 0.4) is 0 Å². The lowest BCUT2D eigenvalue weighted by Gasteiger charge is -2.18. The molecule has 2 aromatic rings.